The van der Waals surface area contributed by atoms with Crippen molar-refractivity contribution < 1.29 is 13.2 Å². The first-order valence-electron chi connectivity index (χ1n) is 6.69. The van der Waals surface area contributed by atoms with E-state index >= 15 is 0 Å². The van der Waals surface area contributed by atoms with Gasteiger partial charge in [-0.25, -0.2) is 4.98 Å². The molecule has 0 saturated carbocycles. The van der Waals surface area contributed by atoms with Gasteiger partial charge in [0, 0.05) is 17.1 Å². The molecule has 0 saturated heterocycles. The van der Waals surface area contributed by atoms with Gasteiger partial charge < -0.3 is 5.32 Å². The van der Waals surface area contributed by atoms with E-state index in [0.717, 1.165) is 30.6 Å². The van der Waals surface area contributed by atoms with E-state index in [1.807, 2.05) is 0 Å². The molecule has 0 fully saturated rings. The van der Waals surface area contributed by atoms with Crippen LogP contribution in [0.25, 0.3) is 0 Å². The lowest BCUT2D eigenvalue weighted by Crippen LogP contribution is -2.15. The lowest BCUT2D eigenvalue weighted by atomic mass is 10.1. The third-order valence-corrected chi connectivity index (χ3v) is 4.21. The van der Waals surface area contributed by atoms with Gasteiger partial charge in [-0.3, -0.25) is 0 Å². The number of rotatable bonds is 8. The Morgan fingerprint density at radius 1 is 1.26 bits per heavy atom. The SMILES string of the molecule is CCCCCCCC(NC)c1cnc(C(F)(F)F)s1. The van der Waals surface area contributed by atoms with Gasteiger partial charge in [-0.05, 0) is 13.5 Å². The molecule has 1 atom stereocenters. The Kier molecular flexibility index (Phi) is 6.79. The van der Waals surface area contributed by atoms with E-state index < -0.39 is 11.2 Å². The number of halogens is 3. The number of hydrogen-bond donors (Lipinski definition) is 1. The molecule has 1 aromatic rings. The van der Waals surface area contributed by atoms with Crippen molar-refractivity contribution in [3.63, 3.8) is 0 Å². The molecule has 1 heterocycles. The molecule has 1 rings (SSSR count). The lowest BCUT2D eigenvalue weighted by Gasteiger charge is -2.13. The van der Waals surface area contributed by atoms with Crippen molar-refractivity contribution in [2.24, 2.45) is 0 Å². The van der Waals surface area contributed by atoms with Gasteiger partial charge in [0.05, 0.1) is 0 Å². The molecule has 0 spiro atoms. The van der Waals surface area contributed by atoms with Crippen LogP contribution in [0.2, 0.25) is 0 Å². The summed E-state index contributed by atoms with van der Waals surface area (Å²) in [6.45, 7) is 2.16. The first-order valence-corrected chi connectivity index (χ1v) is 7.50. The van der Waals surface area contributed by atoms with Gasteiger partial charge in [0.25, 0.3) is 0 Å². The van der Waals surface area contributed by atoms with Crippen molar-refractivity contribution in [1.29, 1.82) is 0 Å². The van der Waals surface area contributed by atoms with Crippen molar-refractivity contribution in [1.82, 2.24) is 10.3 Å². The maximum absolute atomic E-state index is 12.5. The van der Waals surface area contributed by atoms with Gasteiger partial charge >= 0.3 is 6.18 Å². The molecule has 1 unspecified atom stereocenters. The second kappa shape index (κ2) is 7.85. The van der Waals surface area contributed by atoms with Crippen LogP contribution in [0.3, 0.4) is 0 Å². The standard InChI is InChI=1S/C13H21F3N2S/c1-3-4-5-6-7-8-10(17-2)11-9-18-12(19-11)13(14,15)16/h9-10,17H,3-8H2,1-2H3. The second-order valence-corrected chi connectivity index (χ2v) is 5.67. The third kappa shape index (κ3) is 5.48. The zero-order valence-electron chi connectivity index (χ0n) is 11.4. The maximum Gasteiger partial charge on any atom is 0.443 e. The second-order valence-electron chi connectivity index (χ2n) is 4.61. The topological polar surface area (TPSA) is 24.9 Å². The fraction of sp³-hybridized carbons (Fsp3) is 0.769. The van der Waals surface area contributed by atoms with Gasteiger partial charge in [0.1, 0.15) is 0 Å². The van der Waals surface area contributed by atoms with Crippen molar-refractivity contribution >= 4 is 11.3 Å². The van der Waals surface area contributed by atoms with E-state index in [9.17, 15) is 13.2 Å². The Morgan fingerprint density at radius 2 is 1.95 bits per heavy atom. The molecule has 0 aliphatic rings. The summed E-state index contributed by atoms with van der Waals surface area (Å²) in [7, 11) is 1.78. The summed E-state index contributed by atoms with van der Waals surface area (Å²) in [5.74, 6) is 0. The van der Waals surface area contributed by atoms with Crippen LogP contribution in [-0.4, -0.2) is 12.0 Å². The number of aromatic nitrogens is 1. The Balaban J connectivity index is 2.48. The molecule has 0 radical (unpaired) electrons. The number of alkyl halides is 3. The van der Waals surface area contributed by atoms with Crippen LogP contribution in [0.15, 0.2) is 6.20 Å². The van der Waals surface area contributed by atoms with E-state index in [2.05, 4.69) is 17.2 Å². The van der Waals surface area contributed by atoms with E-state index in [1.54, 1.807) is 7.05 Å². The van der Waals surface area contributed by atoms with Crippen LogP contribution in [-0.2, 0) is 6.18 Å². The van der Waals surface area contributed by atoms with Crippen molar-refractivity contribution in [2.45, 2.75) is 57.7 Å². The van der Waals surface area contributed by atoms with Crippen molar-refractivity contribution in [3.05, 3.63) is 16.1 Å². The van der Waals surface area contributed by atoms with Crippen molar-refractivity contribution in [2.75, 3.05) is 7.05 Å². The van der Waals surface area contributed by atoms with Gasteiger partial charge in [0.15, 0.2) is 5.01 Å². The largest absolute Gasteiger partial charge is 0.443 e. The summed E-state index contributed by atoms with van der Waals surface area (Å²) in [4.78, 5) is 4.14. The van der Waals surface area contributed by atoms with Crippen molar-refractivity contribution in [3.8, 4) is 0 Å². The number of nitrogens with one attached hydrogen (secondary N) is 1. The van der Waals surface area contributed by atoms with Crippen LogP contribution in [0.5, 0.6) is 0 Å². The van der Waals surface area contributed by atoms with E-state index in [-0.39, 0.29) is 6.04 Å². The molecule has 0 aliphatic carbocycles. The maximum atomic E-state index is 12.5. The highest BCUT2D eigenvalue weighted by molar-refractivity contribution is 7.11. The fourth-order valence-electron chi connectivity index (χ4n) is 1.96. The summed E-state index contributed by atoms with van der Waals surface area (Å²) in [6, 6.07) is -0.0183. The van der Waals surface area contributed by atoms with Crippen LogP contribution in [0.1, 0.15) is 61.4 Å². The molecule has 1 aromatic heterocycles. The summed E-state index contributed by atoms with van der Waals surface area (Å²) >= 11 is 0.742. The van der Waals surface area contributed by atoms with Crippen LogP contribution < -0.4 is 5.32 Å². The average molecular weight is 294 g/mol. The molecule has 0 aliphatic heterocycles. The Bertz CT molecular complexity index is 363. The predicted molar refractivity (Wildman–Crippen MR) is 72.3 cm³/mol. The predicted octanol–water partition coefficient (Wildman–Crippen LogP) is 4.78. The first kappa shape index (κ1) is 16.4. The smallest absolute Gasteiger partial charge is 0.312 e. The van der Waals surface area contributed by atoms with Crippen LogP contribution >= 0.6 is 11.3 Å². The zero-order chi connectivity index (χ0) is 14.3. The zero-order valence-corrected chi connectivity index (χ0v) is 12.2. The molecular formula is C13H21F3N2S. The van der Waals surface area contributed by atoms with Crippen LogP contribution in [0, 0.1) is 0 Å². The Labute approximate surface area is 116 Å². The third-order valence-electron chi connectivity index (χ3n) is 3.05. The minimum atomic E-state index is -4.33. The highest BCUT2D eigenvalue weighted by Crippen LogP contribution is 2.35. The van der Waals surface area contributed by atoms with E-state index in [1.165, 1.54) is 25.5 Å². The summed E-state index contributed by atoms with van der Waals surface area (Å²) in [6.07, 6.45) is 3.66. The van der Waals surface area contributed by atoms with Crippen LogP contribution in [0.4, 0.5) is 13.2 Å². The normalized spacial score (nSPS) is 13.7. The quantitative estimate of drug-likeness (QED) is 0.698. The fourth-order valence-corrected chi connectivity index (χ4v) is 2.89. The minimum Gasteiger partial charge on any atom is -0.312 e. The molecular weight excluding hydrogens is 273 g/mol. The summed E-state index contributed by atoms with van der Waals surface area (Å²) in [5.41, 5.74) is 0. The Hall–Kier alpha value is -0.620. The molecule has 6 heteroatoms. The monoisotopic (exact) mass is 294 g/mol. The van der Waals surface area contributed by atoms with Gasteiger partial charge in [-0.15, -0.1) is 11.3 Å². The summed E-state index contributed by atoms with van der Waals surface area (Å²) in [5, 5.41) is 2.32. The molecule has 110 valence electrons. The lowest BCUT2D eigenvalue weighted by molar-refractivity contribution is -0.137. The number of unbranched alkanes of at least 4 members (excludes halogenated alkanes) is 4. The number of nitrogens with zero attached hydrogens (tertiary/aromatic N) is 1. The first-order chi connectivity index (χ1) is 8.99. The minimum absolute atomic E-state index is 0.0183. The molecule has 19 heavy (non-hydrogen) atoms. The van der Waals surface area contributed by atoms with Gasteiger partial charge in [-0.1, -0.05) is 39.0 Å². The van der Waals surface area contributed by atoms with E-state index in [0.29, 0.717) is 4.88 Å². The van der Waals surface area contributed by atoms with Gasteiger partial charge in [-0.2, -0.15) is 13.2 Å². The summed E-state index contributed by atoms with van der Waals surface area (Å²) < 4.78 is 37.5. The molecule has 0 amide bonds. The number of thiazole rings is 1. The molecule has 1 N–H and O–H groups in total. The van der Waals surface area contributed by atoms with E-state index in [4.69, 9.17) is 0 Å². The highest BCUT2D eigenvalue weighted by atomic mass is 32.1. The van der Waals surface area contributed by atoms with Gasteiger partial charge in [0.2, 0.25) is 0 Å². The Morgan fingerprint density at radius 3 is 2.47 bits per heavy atom. The molecule has 2 nitrogen and oxygen atoms in total. The number of hydrogen-bond acceptors (Lipinski definition) is 3. The molecule has 0 aromatic carbocycles. The average Bonchev–Trinajstić information content (AvgIpc) is 2.83. The highest BCUT2D eigenvalue weighted by Gasteiger charge is 2.35. The molecule has 0 bridgehead atoms.